The molecule has 2 aromatic heterocycles. The van der Waals surface area contributed by atoms with Gasteiger partial charge in [0, 0.05) is 54.8 Å². The van der Waals surface area contributed by atoms with E-state index in [1.165, 1.54) is 10.8 Å². The maximum absolute atomic E-state index is 13.7. The number of hydrogen-bond acceptors (Lipinski definition) is 6. The molecule has 0 radical (unpaired) electrons. The van der Waals surface area contributed by atoms with Crippen LogP contribution in [0.5, 0.6) is 0 Å². The second-order valence-electron chi connectivity index (χ2n) is 9.62. The lowest BCUT2D eigenvalue weighted by Gasteiger charge is -2.21. The Kier molecular flexibility index (Phi) is 7.88. The minimum atomic E-state index is -0.275. The van der Waals surface area contributed by atoms with Gasteiger partial charge in [-0.2, -0.15) is 0 Å². The van der Waals surface area contributed by atoms with Gasteiger partial charge in [-0.25, -0.2) is 4.98 Å². The molecular weight excluding hydrogens is 525 g/mol. The number of nitrogens with one attached hydrogen (secondary N) is 1. The molecule has 0 atom stereocenters. The SMILES string of the molecule is CCc1oc2ccc(Nc3ncc(CC(=O)C4CCOCC4)c(=O)n3Cc3ccc(Cl)c(Cl)c3)cc2c1C. The number of halogens is 2. The molecule has 1 saturated heterocycles. The van der Waals surface area contributed by atoms with E-state index in [0.717, 1.165) is 40.0 Å². The summed E-state index contributed by atoms with van der Waals surface area (Å²) in [6.45, 7) is 5.44. The van der Waals surface area contributed by atoms with Crippen molar-refractivity contribution in [3.8, 4) is 0 Å². The van der Waals surface area contributed by atoms with Crippen LogP contribution < -0.4 is 10.9 Å². The van der Waals surface area contributed by atoms with Crippen molar-refractivity contribution < 1.29 is 13.9 Å². The molecule has 38 heavy (non-hydrogen) atoms. The summed E-state index contributed by atoms with van der Waals surface area (Å²) in [5, 5.41) is 5.14. The van der Waals surface area contributed by atoms with Gasteiger partial charge in [-0.1, -0.05) is 36.2 Å². The number of carbonyl (C=O) groups is 1. The molecule has 0 aliphatic carbocycles. The molecule has 0 unspecified atom stereocenters. The molecule has 2 aromatic carbocycles. The van der Waals surface area contributed by atoms with Crippen LogP contribution in [0, 0.1) is 12.8 Å². The highest BCUT2D eigenvalue weighted by Gasteiger charge is 2.23. The van der Waals surface area contributed by atoms with Gasteiger partial charge in [0.05, 0.1) is 16.6 Å². The lowest BCUT2D eigenvalue weighted by Crippen LogP contribution is -2.31. The van der Waals surface area contributed by atoms with Crippen LogP contribution in [0.2, 0.25) is 10.0 Å². The summed E-state index contributed by atoms with van der Waals surface area (Å²) in [4.78, 5) is 31.2. The highest BCUT2D eigenvalue weighted by Crippen LogP contribution is 2.29. The van der Waals surface area contributed by atoms with Crippen molar-refractivity contribution in [2.75, 3.05) is 18.5 Å². The van der Waals surface area contributed by atoms with E-state index in [0.29, 0.717) is 47.6 Å². The van der Waals surface area contributed by atoms with Crippen LogP contribution in [-0.2, 0) is 28.9 Å². The van der Waals surface area contributed by atoms with E-state index in [2.05, 4.69) is 17.2 Å². The zero-order chi connectivity index (χ0) is 26.8. The zero-order valence-corrected chi connectivity index (χ0v) is 22.9. The number of aryl methyl sites for hydroxylation is 2. The van der Waals surface area contributed by atoms with Gasteiger partial charge in [-0.15, -0.1) is 0 Å². The Morgan fingerprint density at radius 3 is 2.66 bits per heavy atom. The third-order valence-corrected chi connectivity index (χ3v) is 7.84. The second kappa shape index (κ2) is 11.3. The first kappa shape index (κ1) is 26.5. The molecule has 1 aliphatic rings. The Balaban J connectivity index is 1.50. The predicted octanol–water partition coefficient (Wildman–Crippen LogP) is 6.50. The van der Waals surface area contributed by atoms with Crippen LogP contribution in [-0.4, -0.2) is 28.5 Å². The molecule has 4 aromatic rings. The Hall–Kier alpha value is -3.13. The van der Waals surface area contributed by atoms with Gasteiger partial charge >= 0.3 is 0 Å². The molecule has 9 heteroatoms. The smallest absolute Gasteiger partial charge is 0.258 e. The van der Waals surface area contributed by atoms with Crippen LogP contribution in [0.3, 0.4) is 0 Å². The molecule has 1 N–H and O–H groups in total. The van der Waals surface area contributed by atoms with E-state index >= 15 is 0 Å². The van der Waals surface area contributed by atoms with E-state index in [-0.39, 0.29) is 30.2 Å². The molecule has 0 bridgehead atoms. The molecule has 1 fully saturated rings. The fourth-order valence-corrected chi connectivity index (χ4v) is 5.21. The number of ether oxygens (including phenoxy) is 1. The van der Waals surface area contributed by atoms with Crippen molar-refractivity contribution in [1.29, 1.82) is 0 Å². The maximum Gasteiger partial charge on any atom is 0.258 e. The van der Waals surface area contributed by atoms with Crippen LogP contribution >= 0.6 is 23.2 Å². The van der Waals surface area contributed by atoms with Gasteiger partial charge in [-0.3, -0.25) is 14.2 Å². The third kappa shape index (κ3) is 5.51. The standard InChI is InChI=1S/C29H29Cl2N3O4/c1-3-26-17(2)22-14-21(5-7-27(22)38-26)33-29-32-15-20(13-25(35)19-8-10-37-11-9-19)28(36)34(29)16-18-4-6-23(30)24(31)12-18/h4-7,12,14-15,19H,3,8-11,13,16H2,1-2H3,(H,32,33). The number of fused-ring (bicyclic) bond motifs is 1. The number of anilines is 2. The van der Waals surface area contributed by atoms with Crippen LogP contribution in [0.15, 0.2) is 51.8 Å². The van der Waals surface area contributed by atoms with Crippen molar-refractivity contribution in [1.82, 2.24) is 9.55 Å². The van der Waals surface area contributed by atoms with Crippen LogP contribution in [0.25, 0.3) is 11.0 Å². The summed E-state index contributed by atoms with van der Waals surface area (Å²) >= 11 is 12.3. The molecule has 3 heterocycles. The minimum absolute atomic E-state index is 0.0398. The van der Waals surface area contributed by atoms with Crippen molar-refractivity contribution in [2.45, 2.75) is 46.1 Å². The number of benzene rings is 2. The monoisotopic (exact) mass is 553 g/mol. The highest BCUT2D eigenvalue weighted by molar-refractivity contribution is 6.42. The summed E-state index contributed by atoms with van der Waals surface area (Å²) in [6, 6.07) is 11.0. The number of Topliss-reactive ketones (excluding diaryl/α,β-unsaturated/α-hetero) is 1. The fourth-order valence-electron chi connectivity index (χ4n) is 4.89. The normalized spacial score (nSPS) is 14.2. The van der Waals surface area contributed by atoms with E-state index in [4.69, 9.17) is 32.4 Å². The van der Waals surface area contributed by atoms with Gasteiger partial charge in [0.2, 0.25) is 5.95 Å². The van der Waals surface area contributed by atoms with Crippen molar-refractivity contribution >= 4 is 51.6 Å². The topological polar surface area (TPSA) is 86.4 Å². The number of furan rings is 1. The highest BCUT2D eigenvalue weighted by atomic mass is 35.5. The van der Waals surface area contributed by atoms with E-state index < -0.39 is 0 Å². The lowest BCUT2D eigenvalue weighted by molar-refractivity contribution is -0.125. The molecule has 0 amide bonds. The number of ketones is 1. The Morgan fingerprint density at radius 1 is 1.13 bits per heavy atom. The third-order valence-electron chi connectivity index (χ3n) is 7.10. The van der Waals surface area contributed by atoms with Crippen LogP contribution in [0.4, 0.5) is 11.6 Å². The largest absolute Gasteiger partial charge is 0.461 e. The fraction of sp³-hybridized carbons (Fsp3) is 0.345. The van der Waals surface area contributed by atoms with E-state index in [1.807, 2.05) is 31.2 Å². The Bertz CT molecular complexity index is 1550. The average molecular weight is 554 g/mol. The second-order valence-corrected chi connectivity index (χ2v) is 10.4. The lowest BCUT2D eigenvalue weighted by atomic mass is 9.92. The zero-order valence-electron chi connectivity index (χ0n) is 21.4. The van der Waals surface area contributed by atoms with Gasteiger partial charge < -0.3 is 14.5 Å². The molecule has 7 nitrogen and oxygen atoms in total. The van der Waals surface area contributed by atoms with Gasteiger partial charge in [0.25, 0.3) is 5.56 Å². The van der Waals surface area contributed by atoms with Gasteiger partial charge in [0.15, 0.2) is 0 Å². The number of hydrogen-bond donors (Lipinski definition) is 1. The number of nitrogens with zero attached hydrogens (tertiary/aromatic N) is 2. The molecule has 5 rings (SSSR count). The van der Waals surface area contributed by atoms with Crippen LogP contribution in [0.1, 0.15) is 42.2 Å². The van der Waals surface area contributed by atoms with Crippen molar-refractivity contribution in [2.24, 2.45) is 5.92 Å². The quantitative estimate of drug-likeness (QED) is 0.268. The number of carbonyl (C=O) groups excluding carboxylic acids is 1. The van der Waals surface area contributed by atoms with Gasteiger partial charge in [0.1, 0.15) is 17.1 Å². The summed E-state index contributed by atoms with van der Waals surface area (Å²) < 4.78 is 12.9. The van der Waals surface area contributed by atoms with Crippen molar-refractivity contribution in [3.05, 3.63) is 85.4 Å². The summed E-state index contributed by atoms with van der Waals surface area (Å²) in [5.74, 6) is 1.26. The Morgan fingerprint density at radius 2 is 1.92 bits per heavy atom. The van der Waals surface area contributed by atoms with Gasteiger partial charge in [-0.05, 0) is 61.2 Å². The first-order valence-corrected chi connectivity index (χ1v) is 13.5. The predicted molar refractivity (Wildman–Crippen MR) is 150 cm³/mol. The first-order chi connectivity index (χ1) is 18.3. The molecule has 1 aliphatic heterocycles. The summed E-state index contributed by atoms with van der Waals surface area (Å²) in [5.41, 5.74) is 3.55. The van der Waals surface area contributed by atoms with E-state index in [1.54, 1.807) is 12.1 Å². The molecule has 0 spiro atoms. The number of rotatable bonds is 8. The first-order valence-electron chi connectivity index (χ1n) is 12.8. The molecular formula is C29H29Cl2N3O4. The number of aromatic nitrogens is 2. The molecule has 198 valence electrons. The molecule has 0 saturated carbocycles. The Labute approximate surface area is 230 Å². The maximum atomic E-state index is 13.7. The average Bonchev–Trinajstić information content (AvgIpc) is 3.25. The summed E-state index contributed by atoms with van der Waals surface area (Å²) in [7, 11) is 0. The minimum Gasteiger partial charge on any atom is -0.461 e. The summed E-state index contributed by atoms with van der Waals surface area (Å²) in [6.07, 6.45) is 3.71. The van der Waals surface area contributed by atoms with E-state index in [9.17, 15) is 9.59 Å². The van der Waals surface area contributed by atoms with Crippen molar-refractivity contribution in [3.63, 3.8) is 0 Å².